The Balaban J connectivity index is 1.24. The minimum Gasteiger partial charge on any atom is -0.493 e. The second-order valence-corrected chi connectivity index (χ2v) is 11.3. The zero-order valence-corrected chi connectivity index (χ0v) is 21.8. The third kappa shape index (κ3) is 5.01. The number of piperazine rings is 1. The molecule has 5 rings (SSSR count). The summed E-state index contributed by atoms with van der Waals surface area (Å²) in [6.45, 7) is 4.74. The van der Waals surface area contributed by atoms with Gasteiger partial charge in [0.25, 0.3) is 10.0 Å². The lowest BCUT2D eigenvalue weighted by Gasteiger charge is -2.42. The van der Waals surface area contributed by atoms with E-state index in [0.717, 1.165) is 42.4 Å². The van der Waals surface area contributed by atoms with Crippen molar-refractivity contribution in [2.45, 2.75) is 43.3 Å². The molecule has 2 saturated heterocycles. The molecule has 2 fully saturated rings. The Morgan fingerprint density at radius 1 is 0.861 bits per heavy atom. The van der Waals surface area contributed by atoms with Crippen molar-refractivity contribution in [1.82, 2.24) is 4.90 Å². The number of hydrogen-bond donors (Lipinski definition) is 1. The van der Waals surface area contributed by atoms with E-state index in [1.54, 1.807) is 38.5 Å². The Morgan fingerprint density at radius 3 is 2.11 bits per heavy atom. The molecule has 2 bridgehead atoms. The SMILES string of the molecule is COc1ccc(CN2[C@@H]3CC[C@H]2CN(c2ccc(NS(=O)(=O)c4ccc(C)cc4)cc2)C3)cc1OC. The molecule has 7 nitrogen and oxygen atoms in total. The fourth-order valence-electron chi connectivity index (χ4n) is 5.32. The highest BCUT2D eigenvalue weighted by atomic mass is 32.2. The number of anilines is 2. The number of aryl methyl sites for hydroxylation is 1. The Bertz CT molecular complexity index is 1300. The van der Waals surface area contributed by atoms with Crippen molar-refractivity contribution in [1.29, 1.82) is 0 Å². The predicted molar refractivity (Wildman–Crippen MR) is 143 cm³/mol. The average Bonchev–Trinajstić information content (AvgIpc) is 3.10. The molecule has 2 atom stereocenters. The molecule has 0 amide bonds. The summed E-state index contributed by atoms with van der Waals surface area (Å²) < 4.78 is 39.0. The number of benzene rings is 3. The van der Waals surface area contributed by atoms with Crippen molar-refractivity contribution in [2.75, 3.05) is 36.9 Å². The zero-order valence-electron chi connectivity index (χ0n) is 21.0. The molecule has 2 aliphatic heterocycles. The van der Waals surface area contributed by atoms with E-state index in [9.17, 15) is 8.42 Å². The molecule has 0 saturated carbocycles. The van der Waals surface area contributed by atoms with Gasteiger partial charge in [-0.3, -0.25) is 9.62 Å². The van der Waals surface area contributed by atoms with Crippen molar-refractivity contribution in [3.63, 3.8) is 0 Å². The minimum absolute atomic E-state index is 0.263. The number of hydrogen-bond acceptors (Lipinski definition) is 6. The lowest BCUT2D eigenvalue weighted by atomic mass is 10.1. The van der Waals surface area contributed by atoms with E-state index >= 15 is 0 Å². The Kier molecular flexibility index (Phi) is 6.81. The summed E-state index contributed by atoms with van der Waals surface area (Å²) in [6.07, 6.45) is 2.37. The molecule has 1 N–H and O–H groups in total. The maximum Gasteiger partial charge on any atom is 0.261 e. The molecule has 2 aliphatic rings. The summed E-state index contributed by atoms with van der Waals surface area (Å²) >= 11 is 0. The Morgan fingerprint density at radius 2 is 1.50 bits per heavy atom. The van der Waals surface area contributed by atoms with E-state index in [2.05, 4.69) is 26.7 Å². The van der Waals surface area contributed by atoms with Crippen LogP contribution < -0.4 is 19.1 Å². The molecular weight excluding hydrogens is 474 g/mol. The van der Waals surface area contributed by atoms with Crippen LogP contribution in [0.25, 0.3) is 0 Å². The number of sulfonamides is 1. The summed E-state index contributed by atoms with van der Waals surface area (Å²) in [7, 11) is -0.284. The van der Waals surface area contributed by atoms with Crippen molar-refractivity contribution in [3.8, 4) is 11.5 Å². The maximum absolute atomic E-state index is 12.7. The van der Waals surface area contributed by atoms with Crippen LogP contribution in [0.1, 0.15) is 24.0 Å². The standard InChI is InChI=1S/C28H33N3O4S/c1-20-4-13-26(14-5-20)36(32,33)29-22-7-9-23(10-8-22)30-18-24-11-12-25(19-30)31(24)17-21-6-15-27(34-2)28(16-21)35-3/h4-10,13-16,24-25,29H,11-12,17-19H2,1-3H3/t24-,25+. The van der Waals surface area contributed by atoms with Gasteiger partial charge in [0, 0.05) is 43.1 Å². The van der Waals surface area contributed by atoms with Gasteiger partial charge in [-0.2, -0.15) is 0 Å². The van der Waals surface area contributed by atoms with Gasteiger partial charge in [0.2, 0.25) is 0 Å². The van der Waals surface area contributed by atoms with Gasteiger partial charge in [-0.05, 0) is 73.9 Å². The van der Waals surface area contributed by atoms with Crippen LogP contribution in [-0.2, 0) is 16.6 Å². The molecule has 2 heterocycles. The molecule has 0 radical (unpaired) electrons. The van der Waals surface area contributed by atoms with Crippen LogP contribution in [0, 0.1) is 6.92 Å². The largest absolute Gasteiger partial charge is 0.493 e. The summed E-state index contributed by atoms with van der Waals surface area (Å²) in [5.41, 5.74) is 3.93. The van der Waals surface area contributed by atoms with Gasteiger partial charge in [-0.1, -0.05) is 23.8 Å². The first-order valence-electron chi connectivity index (χ1n) is 12.3. The first kappa shape index (κ1) is 24.5. The van der Waals surface area contributed by atoms with Gasteiger partial charge >= 0.3 is 0 Å². The molecular formula is C28H33N3O4S. The van der Waals surface area contributed by atoms with E-state index in [0.29, 0.717) is 17.8 Å². The van der Waals surface area contributed by atoms with Crippen molar-refractivity contribution in [2.24, 2.45) is 0 Å². The van der Waals surface area contributed by atoms with E-state index in [1.165, 1.54) is 18.4 Å². The molecule has 0 unspecified atom stereocenters. The molecule has 0 aromatic heterocycles. The van der Waals surface area contributed by atoms with Gasteiger partial charge in [0.1, 0.15) is 0 Å². The van der Waals surface area contributed by atoms with Crippen LogP contribution in [-0.4, -0.2) is 52.7 Å². The summed E-state index contributed by atoms with van der Waals surface area (Å²) in [4.78, 5) is 5.30. The smallest absolute Gasteiger partial charge is 0.261 e. The number of fused-ring (bicyclic) bond motifs is 2. The first-order valence-corrected chi connectivity index (χ1v) is 13.8. The third-order valence-corrected chi connectivity index (χ3v) is 8.66. The summed E-state index contributed by atoms with van der Waals surface area (Å²) in [6, 6.07) is 21.7. The van der Waals surface area contributed by atoms with E-state index in [-0.39, 0.29) is 4.90 Å². The van der Waals surface area contributed by atoms with E-state index < -0.39 is 10.0 Å². The first-order chi connectivity index (χ1) is 17.4. The fourth-order valence-corrected chi connectivity index (χ4v) is 6.38. The van der Waals surface area contributed by atoms with E-state index in [1.807, 2.05) is 37.3 Å². The number of rotatable bonds is 8. The normalized spacial score (nSPS) is 19.8. The molecule has 3 aromatic rings. The molecule has 8 heteroatoms. The Hall–Kier alpha value is -3.23. The van der Waals surface area contributed by atoms with Crippen LogP contribution in [0.2, 0.25) is 0 Å². The van der Waals surface area contributed by atoms with Crippen LogP contribution in [0.5, 0.6) is 11.5 Å². The number of ether oxygens (including phenoxy) is 2. The van der Waals surface area contributed by atoms with Crippen LogP contribution in [0.4, 0.5) is 11.4 Å². The quantitative estimate of drug-likeness (QED) is 0.478. The topological polar surface area (TPSA) is 71.1 Å². The molecule has 0 spiro atoms. The van der Waals surface area contributed by atoms with Crippen molar-refractivity contribution >= 4 is 21.4 Å². The van der Waals surface area contributed by atoms with Crippen LogP contribution in [0.15, 0.2) is 71.6 Å². The van der Waals surface area contributed by atoms with Crippen molar-refractivity contribution in [3.05, 3.63) is 77.9 Å². The second kappa shape index (κ2) is 10.0. The average molecular weight is 508 g/mol. The van der Waals surface area contributed by atoms with Gasteiger partial charge in [0.15, 0.2) is 11.5 Å². The highest BCUT2D eigenvalue weighted by Gasteiger charge is 2.39. The van der Waals surface area contributed by atoms with Gasteiger partial charge in [-0.25, -0.2) is 8.42 Å². The Labute approximate surface area is 213 Å². The lowest BCUT2D eigenvalue weighted by Crippen LogP contribution is -2.53. The lowest BCUT2D eigenvalue weighted by molar-refractivity contribution is 0.160. The predicted octanol–water partition coefficient (Wildman–Crippen LogP) is 4.67. The van der Waals surface area contributed by atoms with Crippen molar-refractivity contribution < 1.29 is 17.9 Å². The molecule has 36 heavy (non-hydrogen) atoms. The molecule has 0 aliphatic carbocycles. The second-order valence-electron chi connectivity index (χ2n) is 9.62. The molecule has 190 valence electrons. The highest BCUT2D eigenvalue weighted by molar-refractivity contribution is 7.92. The van der Waals surface area contributed by atoms with E-state index in [4.69, 9.17) is 9.47 Å². The number of methoxy groups -OCH3 is 2. The highest BCUT2D eigenvalue weighted by Crippen LogP contribution is 2.35. The fraction of sp³-hybridized carbons (Fsp3) is 0.357. The monoisotopic (exact) mass is 507 g/mol. The van der Waals surface area contributed by atoms with Crippen LogP contribution >= 0.6 is 0 Å². The number of nitrogens with zero attached hydrogens (tertiary/aromatic N) is 2. The maximum atomic E-state index is 12.7. The van der Waals surface area contributed by atoms with Crippen LogP contribution in [0.3, 0.4) is 0 Å². The minimum atomic E-state index is -3.61. The summed E-state index contributed by atoms with van der Waals surface area (Å²) in [5, 5.41) is 0. The number of nitrogens with one attached hydrogen (secondary N) is 1. The van der Waals surface area contributed by atoms with Gasteiger partial charge < -0.3 is 14.4 Å². The molecule has 3 aromatic carbocycles. The summed E-state index contributed by atoms with van der Waals surface area (Å²) in [5.74, 6) is 1.51. The zero-order chi connectivity index (χ0) is 25.3. The third-order valence-electron chi connectivity index (χ3n) is 7.26. The van der Waals surface area contributed by atoms with Gasteiger partial charge in [-0.15, -0.1) is 0 Å². The van der Waals surface area contributed by atoms with Gasteiger partial charge in [0.05, 0.1) is 19.1 Å².